The van der Waals surface area contributed by atoms with E-state index < -0.39 is 5.66 Å². The summed E-state index contributed by atoms with van der Waals surface area (Å²) >= 11 is 0. The lowest BCUT2D eigenvalue weighted by Crippen LogP contribution is -2.77. The Bertz CT molecular complexity index is 3340. The zero-order valence-electron chi connectivity index (χ0n) is 29.7. The van der Waals surface area contributed by atoms with Crippen molar-refractivity contribution >= 4 is 43.4 Å². The zero-order valence-corrected chi connectivity index (χ0v) is 29.7. The molecule has 0 radical (unpaired) electrons. The summed E-state index contributed by atoms with van der Waals surface area (Å²) in [5.74, 6) is 2.91. The number of nitrogens with zero attached hydrogens (tertiary/aromatic N) is 4. The van der Waals surface area contributed by atoms with Gasteiger partial charge in [0.15, 0.2) is 11.1 Å². The van der Waals surface area contributed by atoms with Gasteiger partial charge >= 0.3 is 5.66 Å². The van der Waals surface area contributed by atoms with Crippen molar-refractivity contribution in [3.8, 4) is 45.3 Å². The van der Waals surface area contributed by atoms with E-state index in [4.69, 9.17) is 4.74 Å². The third-order valence-electron chi connectivity index (χ3n) is 12.5. The standard InChI is InChI=1S/C49H32N4O/c1-29-45(38-25-24-36(34-16-5-6-17-35(34)38)33-19-11-14-31-13-3-4-15-32(31)33)30(2)53-49-46-41(52(29)53)21-12-22-42(46)54-43-27-26-39-37-18-7-8-20-40(37)51(48(39)47(43)49)44-23-9-10-28-50(44)49/h3-28H,1-2H3/q+2. The first-order chi connectivity index (χ1) is 26.7. The minimum atomic E-state index is -0.730. The Morgan fingerprint density at radius 2 is 1.22 bits per heavy atom. The lowest BCUT2D eigenvalue weighted by atomic mass is 9.83. The van der Waals surface area contributed by atoms with Crippen LogP contribution in [0.3, 0.4) is 0 Å². The van der Waals surface area contributed by atoms with Crippen molar-refractivity contribution in [1.82, 2.24) is 9.25 Å². The van der Waals surface area contributed by atoms with Crippen molar-refractivity contribution in [3.05, 3.63) is 180 Å². The van der Waals surface area contributed by atoms with Crippen molar-refractivity contribution < 1.29 is 14.0 Å². The molecular formula is C49H32N4O+2. The van der Waals surface area contributed by atoms with Crippen LogP contribution < -0.4 is 14.0 Å². The molecule has 0 fully saturated rings. The SMILES string of the molecule is Cc1c(-c2ccc(-c3cccc4ccccc34)c3ccccc23)c(C)[n+]2n1-c1cccc3c1C21c2c(ccc4c5ccccc5n(c24)-c2cccc[n+]21)O3. The molecule has 0 aliphatic carbocycles. The Kier molecular flexibility index (Phi) is 5.14. The van der Waals surface area contributed by atoms with Crippen molar-refractivity contribution in [2.45, 2.75) is 19.5 Å². The molecule has 0 bridgehead atoms. The van der Waals surface area contributed by atoms with Crippen LogP contribution in [0.5, 0.6) is 11.5 Å². The Labute approximate surface area is 310 Å². The monoisotopic (exact) mass is 692 g/mol. The van der Waals surface area contributed by atoms with Crippen LogP contribution in [0.2, 0.25) is 0 Å². The summed E-state index contributed by atoms with van der Waals surface area (Å²) in [5, 5.41) is 7.50. The fourth-order valence-corrected chi connectivity index (χ4v) is 10.6. The highest BCUT2D eigenvalue weighted by Gasteiger charge is 2.70. The predicted molar refractivity (Wildman–Crippen MR) is 214 cm³/mol. The molecule has 0 N–H and O–H groups in total. The van der Waals surface area contributed by atoms with Crippen LogP contribution in [0, 0.1) is 13.8 Å². The Morgan fingerprint density at radius 3 is 2.11 bits per heavy atom. The lowest BCUT2D eigenvalue weighted by Gasteiger charge is -2.33. The van der Waals surface area contributed by atoms with E-state index in [0.717, 1.165) is 23.0 Å². The number of benzene rings is 7. The van der Waals surface area contributed by atoms with Crippen LogP contribution in [0.4, 0.5) is 0 Å². The van der Waals surface area contributed by atoms with Gasteiger partial charge in [-0.15, -0.1) is 4.68 Å². The molecule has 54 heavy (non-hydrogen) atoms. The Morgan fingerprint density at radius 1 is 0.537 bits per heavy atom. The topological polar surface area (TPSA) is 26.8 Å². The molecule has 3 aliphatic rings. The molecule has 1 spiro atoms. The summed E-state index contributed by atoms with van der Waals surface area (Å²) in [6, 6.07) is 55.3. The second-order valence-electron chi connectivity index (χ2n) is 14.9. The van der Waals surface area contributed by atoms with E-state index in [1.807, 2.05) is 0 Å². The number of rotatable bonds is 2. The van der Waals surface area contributed by atoms with Crippen LogP contribution in [-0.2, 0) is 5.66 Å². The van der Waals surface area contributed by atoms with Crippen LogP contribution in [-0.4, -0.2) is 9.25 Å². The van der Waals surface area contributed by atoms with E-state index in [1.165, 1.54) is 88.1 Å². The smallest absolute Gasteiger partial charge is 0.397 e. The minimum Gasteiger partial charge on any atom is -0.456 e. The van der Waals surface area contributed by atoms with E-state index in [1.54, 1.807) is 0 Å². The first-order valence-corrected chi connectivity index (χ1v) is 18.7. The van der Waals surface area contributed by atoms with Gasteiger partial charge in [-0.05, 0) is 87.6 Å². The van der Waals surface area contributed by atoms with Gasteiger partial charge in [-0.3, -0.25) is 0 Å². The molecule has 7 aromatic carbocycles. The molecule has 3 aliphatic heterocycles. The van der Waals surface area contributed by atoms with E-state index >= 15 is 0 Å². The molecular weight excluding hydrogens is 661 g/mol. The lowest BCUT2D eigenvalue weighted by molar-refractivity contribution is -0.995. The summed E-state index contributed by atoms with van der Waals surface area (Å²) in [5.41, 5.74) is 12.6. The molecule has 0 saturated carbocycles. The number of hydrogen-bond acceptors (Lipinski definition) is 1. The van der Waals surface area contributed by atoms with Gasteiger partial charge in [-0.2, -0.15) is 9.13 Å². The van der Waals surface area contributed by atoms with E-state index in [-0.39, 0.29) is 0 Å². The van der Waals surface area contributed by atoms with Gasteiger partial charge in [-0.25, -0.2) is 0 Å². The molecule has 252 valence electrons. The van der Waals surface area contributed by atoms with Crippen LogP contribution in [0.15, 0.2) is 158 Å². The number of para-hydroxylation sites is 1. The molecule has 0 saturated heterocycles. The average Bonchev–Trinajstić information content (AvgIpc) is 3.82. The summed E-state index contributed by atoms with van der Waals surface area (Å²) in [6.45, 7) is 4.60. The minimum absolute atomic E-state index is 0.730. The number of pyridine rings is 1. The van der Waals surface area contributed by atoms with Gasteiger partial charge in [0.1, 0.15) is 28.3 Å². The average molecular weight is 693 g/mol. The number of hydrogen-bond donors (Lipinski definition) is 0. The quantitative estimate of drug-likeness (QED) is 0.166. The molecule has 1 unspecified atom stereocenters. The van der Waals surface area contributed by atoms with Crippen molar-refractivity contribution in [1.29, 1.82) is 0 Å². The fraction of sp³-hybridized carbons (Fsp3) is 0.0612. The first kappa shape index (κ1) is 28.6. The summed E-state index contributed by atoms with van der Waals surface area (Å²) in [7, 11) is 0. The second kappa shape index (κ2) is 9.71. The first-order valence-electron chi connectivity index (χ1n) is 18.7. The van der Waals surface area contributed by atoms with Gasteiger partial charge in [-0.1, -0.05) is 108 Å². The second-order valence-corrected chi connectivity index (χ2v) is 14.9. The highest BCUT2D eigenvalue weighted by molar-refractivity contribution is 6.12. The highest BCUT2D eigenvalue weighted by Crippen LogP contribution is 2.56. The molecule has 1 atom stereocenters. The number of ether oxygens (including phenoxy) is 1. The molecule has 5 heteroatoms. The van der Waals surface area contributed by atoms with Crippen LogP contribution >= 0.6 is 0 Å². The molecule has 13 rings (SSSR count). The van der Waals surface area contributed by atoms with E-state index in [0.29, 0.717) is 0 Å². The molecule has 3 aromatic heterocycles. The predicted octanol–water partition coefficient (Wildman–Crippen LogP) is 10.4. The largest absolute Gasteiger partial charge is 0.456 e. The molecule has 10 aromatic rings. The van der Waals surface area contributed by atoms with Gasteiger partial charge in [0.25, 0.3) is 5.82 Å². The van der Waals surface area contributed by atoms with E-state index in [2.05, 4.69) is 190 Å². The van der Waals surface area contributed by atoms with Gasteiger partial charge in [0.05, 0.1) is 17.5 Å². The van der Waals surface area contributed by atoms with Crippen molar-refractivity contribution in [2.24, 2.45) is 0 Å². The third kappa shape index (κ3) is 3.13. The van der Waals surface area contributed by atoms with Crippen LogP contribution in [0.1, 0.15) is 22.5 Å². The molecule has 5 nitrogen and oxygen atoms in total. The molecule has 6 heterocycles. The Hall–Kier alpha value is -6.98. The van der Waals surface area contributed by atoms with Crippen molar-refractivity contribution in [2.75, 3.05) is 0 Å². The van der Waals surface area contributed by atoms with Crippen molar-refractivity contribution in [3.63, 3.8) is 0 Å². The van der Waals surface area contributed by atoms with Gasteiger partial charge in [0.2, 0.25) is 5.69 Å². The molecule has 0 amide bonds. The maximum atomic E-state index is 6.93. The third-order valence-corrected chi connectivity index (χ3v) is 12.5. The van der Waals surface area contributed by atoms with Crippen LogP contribution in [0.25, 0.3) is 77.1 Å². The summed E-state index contributed by atoms with van der Waals surface area (Å²) < 4.78 is 16.9. The fourth-order valence-electron chi connectivity index (χ4n) is 10.6. The van der Waals surface area contributed by atoms with Gasteiger partial charge < -0.3 is 4.74 Å². The maximum absolute atomic E-state index is 6.93. The summed E-state index contributed by atoms with van der Waals surface area (Å²) in [4.78, 5) is 0. The summed E-state index contributed by atoms with van der Waals surface area (Å²) in [6.07, 6.45) is 2.26. The number of fused-ring (bicyclic) bond motifs is 9. The number of aromatic nitrogens is 4. The van der Waals surface area contributed by atoms with Gasteiger partial charge in [0, 0.05) is 23.8 Å². The Balaban J connectivity index is 1.16. The normalized spacial score (nSPS) is 15.8. The maximum Gasteiger partial charge on any atom is 0.397 e. The zero-order chi connectivity index (χ0) is 35.4. The van der Waals surface area contributed by atoms with E-state index in [9.17, 15) is 0 Å². The highest BCUT2D eigenvalue weighted by atomic mass is 16.5.